The molecular weight excluding hydrogens is 324 g/mol. The quantitative estimate of drug-likeness (QED) is 0.810. The lowest BCUT2D eigenvalue weighted by Crippen LogP contribution is -2.29. The van der Waals surface area contributed by atoms with Gasteiger partial charge in [0.25, 0.3) is 0 Å². The van der Waals surface area contributed by atoms with Gasteiger partial charge in [0.05, 0.1) is 12.7 Å². The van der Waals surface area contributed by atoms with Gasteiger partial charge >= 0.3 is 0 Å². The average molecular weight is 350 g/mol. The Morgan fingerprint density at radius 2 is 1.81 bits per heavy atom. The Balaban J connectivity index is 1.24. The van der Waals surface area contributed by atoms with Crippen molar-refractivity contribution in [2.45, 2.75) is 25.7 Å². The van der Waals surface area contributed by atoms with E-state index in [9.17, 15) is 9.90 Å². The molecule has 1 saturated heterocycles. The van der Waals surface area contributed by atoms with Crippen LogP contribution in [0.4, 0.5) is 0 Å². The van der Waals surface area contributed by atoms with Gasteiger partial charge in [-0.05, 0) is 61.1 Å². The smallest absolute Gasteiger partial charge is 0.195 e. The monoisotopic (exact) mass is 350 g/mol. The molecule has 0 bridgehead atoms. The van der Waals surface area contributed by atoms with Gasteiger partial charge in [-0.15, -0.1) is 0 Å². The number of aryl methyl sites for hydroxylation is 1. The summed E-state index contributed by atoms with van der Waals surface area (Å²) in [5.74, 6) is 2.47. The van der Waals surface area contributed by atoms with Crippen LogP contribution in [0.5, 0.6) is 5.75 Å². The van der Waals surface area contributed by atoms with Gasteiger partial charge in [0.1, 0.15) is 11.4 Å². The number of carbonyl (C=O) groups excluding carboxylic acids is 1. The fraction of sp³-hybridized carbons (Fsp3) is 0.455. The Hall–Kier alpha value is -2.20. The number of benzene rings is 1. The van der Waals surface area contributed by atoms with E-state index >= 15 is 0 Å². The zero-order chi connectivity index (χ0) is 17.9. The van der Waals surface area contributed by atoms with E-state index in [0.717, 1.165) is 30.8 Å². The predicted octanol–water partition coefficient (Wildman–Crippen LogP) is 3.56. The summed E-state index contributed by atoms with van der Waals surface area (Å²) in [4.78, 5) is 18.7. The van der Waals surface area contributed by atoms with E-state index < -0.39 is 0 Å². The molecule has 0 amide bonds. The number of nitrogens with zero attached hydrogens (tertiary/aromatic N) is 2. The zero-order valence-corrected chi connectivity index (χ0v) is 15.1. The maximum absolute atomic E-state index is 12.4. The van der Waals surface area contributed by atoms with Crippen LogP contribution in [0.3, 0.4) is 0 Å². The number of rotatable bonds is 6. The van der Waals surface area contributed by atoms with Crippen molar-refractivity contribution in [1.82, 2.24) is 9.88 Å². The summed E-state index contributed by atoms with van der Waals surface area (Å²) in [5.41, 5.74) is 1.89. The third-order valence-corrected chi connectivity index (χ3v) is 6.01. The van der Waals surface area contributed by atoms with Crippen LogP contribution in [0.15, 0.2) is 48.7 Å². The first-order valence-electron chi connectivity index (χ1n) is 9.62. The number of Topliss-reactive ketones (excluding diaryl/α,β-unsaturated/α-hetero) is 1. The van der Waals surface area contributed by atoms with E-state index in [1.165, 1.54) is 43.5 Å². The van der Waals surface area contributed by atoms with E-state index in [-0.39, 0.29) is 11.5 Å². The van der Waals surface area contributed by atoms with Crippen LogP contribution >= 0.6 is 0 Å². The van der Waals surface area contributed by atoms with Crippen LogP contribution in [0.2, 0.25) is 0 Å². The van der Waals surface area contributed by atoms with Crippen LogP contribution in [0.25, 0.3) is 0 Å². The lowest BCUT2D eigenvalue weighted by Gasteiger charge is -2.18. The fourth-order valence-electron chi connectivity index (χ4n) is 4.74. The minimum absolute atomic E-state index is 0.0469. The Morgan fingerprint density at radius 3 is 2.46 bits per heavy atom. The fourth-order valence-corrected chi connectivity index (χ4v) is 4.74. The predicted molar refractivity (Wildman–Crippen MR) is 101 cm³/mol. The molecule has 4 rings (SSSR count). The van der Waals surface area contributed by atoms with Crippen molar-refractivity contribution < 1.29 is 9.90 Å². The molecule has 2 heterocycles. The third kappa shape index (κ3) is 3.96. The van der Waals surface area contributed by atoms with Gasteiger partial charge in [0, 0.05) is 13.1 Å². The van der Waals surface area contributed by atoms with Gasteiger partial charge in [-0.25, -0.2) is 4.98 Å². The molecule has 2 aromatic rings. The van der Waals surface area contributed by atoms with Gasteiger partial charge in [0.15, 0.2) is 5.78 Å². The highest BCUT2D eigenvalue weighted by Gasteiger charge is 2.40. The molecular formula is C22H26N2O2. The molecule has 2 fully saturated rings. The van der Waals surface area contributed by atoms with Crippen molar-refractivity contribution >= 4 is 5.78 Å². The number of ketones is 1. The lowest BCUT2D eigenvalue weighted by molar-refractivity contribution is 0.0935. The maximum atomic E-state index is 12.4. The molecule has 3 atom stereocenters. The third-order valence-electron chi connectivity index (χ3n) is 6.01. The van der Waals surface area contributed by atoms with Crippen LogP contribution in [-0.2, 0) is 6.42 Å². The molecule has 1 unspecified atom stereocenters. The molecule has 1 aromatic carbocycles. The van der Waals surface area contributed by atoms with Gasteiger partial charge in [-0.3, -0.25) is 9.69 Å². The largest absolute Gasteiger partial charge is 0.506 e. The van der Waals surface area contributed by atoms with E-state index in [1.54, 1.807) is 6.07 Å². The molecule has 26 heavy (non-hydrogen) atoms. The second kappa shape index (κ2) is 7.58. The Morgan fingerprint density at radius 1 is 1.08 bits per heavy atom. The van der Waals surface area contributed by atoms with Crippen molar-refractivity contribution in [2.75, 3.05) is 19.6 Å². The molecule has 2 aliphatic rings. The van der Waals surface area contributed by atoms with Crippen molar-refractivity contribution in [1.29, 1.82) is 0 Å². The second-order valence-electron chi connectivity index (χ2n) is 7.90. The normalized spacial score (nSPS) is 25.3. The molecule has 1 saturated carbocycles. The summed E-state index contributed by atoms with van der Waals surface area (Å²) >= 11 is 0. The highest BCUT2D eigenvalue weighted by Crippen LogP contribution is 2.43. The standard InChI is InChI=1S/C22H26N2O2/c25-20-8-9-21(23-12-20)22(26)15-24-13-18-10-17(11-19(18)14-24)7-6-16-4-2-1-3-5-16/h1-5,8-9,12,17-19,25H,6-7,10-11,13-15H2/t17?,18-,19+. The number of carbonyl (C=O) groups is 1. The maximum Gasteiger partial charge on any atom is 0.195 e. The molecule has 0 spiro atoms. The van der Waals surface area contributed by atoms with Gasteiger partial charge in [-0.2, -0.15) is 0 Å². The molecule has 136 valence electrons. The number of likely N-dealkylation sites (tertiary alicyclic amines) is 1. The number of fused-ring (bicyclic) bond motifs is 1. The van der Waals surface area contributed by atoms with E-state index in [4.69, 9.17) is 0 Å². The zero-order valence-electron chi connectivity index (χ0n) is 15.1. The SMILES string of the molecule is O=C(CN1C[C@H]2CC(CCc3ccccc3)C[C@H]2C1)c1ccc(O)cn1. The minimum Gasteiger partial charge on any atom is -0.506 e. The number of pyridine rings is 1. The van der Waals surface area contributed by atoms with Crippen molar-refractivity contribution in [3.05, 3.63) is 59.9 Å². The second-order valence-corrected chi connectivity index (χ2v) is 7.90. The van der Waals surface area contributed by atoms with Gasteiger partial charge in [-0.1, -0.05) is 30.3 Å². The highest BCUT2D eigenvalue weighted by molar-refractivity contribution is 5.95. The first-order chi connectivity index (χ1) is 12.7. The van der Waals surface area contributed by atoms with Crippen LogP contribution in [-0.4, -0.2) is 40.4 Å². The summed E-state index contributed by atoms with van der Waals surface area (Å²) in [6.07, 6.45) is 6.41. The Kier molecular flexibility index (Phi) is 5.02. The van der Waals surface area contributed by atoms with Crippen LogP contribution in [0.1, 0.15) is 35.3 Å². The first kappa shape index (κ1) is 17.2. The molecule has 1 aliphatic heterocycles. The van der Waals surface area contributed by atoms with Crippen LogP contribution in [0, 0.1) is 17.8 Å². The summed E-state index contributed by atoms with van der Waals surface area (Å²) < 4.78 is 0. The van der Waals surface area contributed by atoms with E-state index in [2.05, 4.69) is 40.2 Å². The van der Waals surface area contributed by atoms with E-state index in [0.29, 0.717) is 12.2 Å². The molecule has 1 N–H and O–H groups in total. The molecule has 0 radical (unpaired) electrons. The summed E-state index contributed by atoms with van der Waals surface area (Å²) in [6.45, 7) is 2.52. The van der Waals surface area contributed by atoms with E-state index in [1.807, 2.05) is 0 Å². The summed E-state index contributed by atoms with van der Waals surface area (Å²) in [5, 5.41) is 9.29. The average Bonchev–Trinajstić information content (AvgIpc) is 3.19. The highest BCUT2D eigenvalue weighted by atomic mass is 16.3. The topological polar surface area (TPSA) is 53.4 Å². The number of aromatic hydroxyl groups is 1. The van der Waals surface area contributed by atoms with Crippen molar-refractivity contribution in [3.63, 3.8) is 0 Å². The van der Waals surface area contributed by atoms with Gasteiger partial charge in [0.2, 0.25) is 0 Å². The Labute approximate surface area is 154 Å². The van der Waals surface area contributed by atoms with Crippen molar-refractivity contribution in [3.8, 4) is 5.75 Å². The molecule has 4 heteroatoms. The number of hydrogen-bond acceptors (Lipinski definition) is 4. The Bertz CT molecular complexity index is 730. The lowest BCUT2D eigenvalue weighted by atomic mass is 9.96. The number of aromatic nitrogens is 1. The van der Waals surface area contributed by atoms with Gasteiger partial charge < -0.3 is 5.11 Å². The molecule has 1 aromatic heterocycles. The number of hydrogen-bond donors (Lipinski definition) is 1. The summed E-state index contributed by atoms with van der Waals surface area (Å²) in [6, 6.07) is 13.9. The van der Waals surface area contributed by atoms with Crippen molar-refractivity contribution in [2.24, 2.45) is 17.8 Å². The van der Waals surface area contributed by atoms with Crippen LogP contribution < -0.4 is 0 Å². The summed E-state index contributed by atoms with van der Waals surface area (Å²) in [7, 11) is 0. The molecule has 4 nitrogen and oxygen atoms in total. The minimum atomic E-state index is 0.0469. The first-order valence-corrected chi connectivity index (χ1v) is 9.62. The molecule has 1 aliphatic carbocycles.